The van der Waals surface area contributed by atoms with Gasteiger partial charge in [0.25, 0.3) is 0 Å². The molecule has 3 rings (SSSR count). The number of phenols is 1. The van der Waals surface area contributed by atoms with E-state index in [0.717, 1.165) is 16.5 Å². The molecule has 1 aromatic heterocycles. The Kier molecular flexibility index (Phi) is 3.80. The van der Waals surface area contributed by atoms with Crippen LogP contribution in [0.15, 0.2) is 54.7 Å². The fourth-order valence-electron chi connectivity index (χ4n) is 2.33. The summed E-state index contributed by atoms with van der Waals surface area (Å²) in [5, 5.41) is 10.3. The van der Waals surface area contributed by atoms with Crippen LogP contribution in [0.4, 0.5) is 0 Å². The average molecular weight is 296 g/mol. The lowest BCUT2D eigenvalue weighted by molar-refractivity contribution is -0.135. The maximum Gasteiger partial charge on any atom is 0.328 e. The van der Waals surface area contributed by atoms with E-state index in [1.165, 1.54) is 24.3 Å². The number of aromatic nitrogens is 1. The maximum atomic E-state index is 12.0. The number of carbonyl (C=O) groups is 1. The molecule has 0 spiro atoms. The van der Waals surface area contributed by atoms with Gasteiger partial charge in [-0.05, 0) is 35.9 Å². The van der Waals surface area contributed by atoms with Crippen molar-refractivity contribution in [2.24, 2.45) is 5.73 Å². The lowest BCUT2D eigenvalue weighted by Crippen LogP contribution is -2.36. The molecule has 0 unspecified atom stereocenters. The second kappa shape index (κ2) is 5.91. The highest BCUT2D eigenvalue weighted by Gasteiger charge is 2.18. The van der Waals surface area contributed by atoms with E-state index in [0.29, 0.717) is 12.2 Å². The molecule has 0 aliphatic heterocycles. The highest BCUT2D eigenvalue weighted by molar-refractivity contribution is 5.85. The van der Waals surface area contributed by atoms with Crippen LogP contribution in [0, 0.1) is 0 Å². The highest BCUT2D eigenvalue weighted by atomic mass is 16.5. The number of hydrogen-bond donors (Lipinski definition) is 3. The normalized spacial score (nSPS) is 12.2. The van der Waals surface area contributed by atoms with Crippen molar-refractivity contribution >= 4 is 16.9 Å². The first-order valence-electron chi connectivity index (χ1n) is 6.95. The van der Waals surface area contributed by atoms with E-state index >= 15 is 0 Å². The zero-order valence-electron chi connectivity index (χ0n) is 11.8. The third-order valence-electron chi connectivity index (χ3n) is 3.47. The zero-order chi connectivity index (χ0) is 15.5. The Balaban J connectivity index is 1.69. The monoisotopic (exact) mass is 296 g/mol. The summed E-state index contributed by atoms with van der Waals surface area (Å²) in [6.45, 7) is 0. The maximum absolute atomic E-state index is 12.0. The first-order valence-corrected chi connectivity index (χ1v) is 6.95. The largest absolute Gasteiger partial charge is 0.508 e. The van der Waals surface area contributed by atoms with Gasteiger partial charge < -0.3 is 20.6 Å². The van der Waals surface area contributed by atoms with Crippen LogP contribution in [0.1, 0.15) is 5.56 Å². The lowest BCUT2D eigenvalue weighted by Gasteiger charge is -2.11. The van der Waals surface area contributed by atoms with Crippen LogP contribution >= 0.6 is 0 Å². The Labute approximate surface area is 127 Å². The van der Waals surface area contributed by atoms with Crippen molar-refractivity contribution in [3.8, 4) is 11.5 Å². The van der Waals surface area contributed by atoms with Gasteiger partial charge in [0.1, 0.15) is 17.5 Å². The molecule has 0 bridgehead atoms. The van der Waals surface area contributed by atoms with E-state index in [4.69, 9.17) is 10.5 Å². The quantitative estimate of drug-likeness (QED) is 0.509. The summed E-state index contributed by atoms with van der Waals surface area (Å²) in [5.74, 6) is -0.0314. The second-order valence-corrected chi connectivity index (χ2v) is 5.09. The Bertz CT molecular complexity index is 793. The molecule has 2 aromatic carbocycles. The number of nitrogens with one attached hydrogen (secondary N) is 1. The van der Waals surface area contributed by atoms with E-state index in [1.807, 2.05) is 30.5 Å². The van der Waals surface area contributed by atoms with E-state index in [1.54, 1.807) is 0 Å². The molecule has 4 N–H and O–H groups in total. The molecule has 5 nitrogen and oxygen atoms in total. The molecular weight excluding hydrogens is 280 g/mol. The molecule has 1 atom stereocenters. The molecule has 0 saturated heterocycles. The van der Waals surface area contributed by atoms with Gasteiger partial charge in [-0.3, -0.25) is 0 Å². The summed E-state index contributed by atoms with van der Waals surface area (Å²) in [7, 11) is 0. The van der Waals surface area contributed by atoms with Crippen molar-refractivity contribution in [3.63, 3.8) is 0 Å². The number of esters is 1. The number of rotatable bonds is 4. The van der Waals surface area contributed by atoms with Crippen molar-refractivity contribution in [1.29, 1.82) is 0 Å². The van der Waals surface area contributed by atoms with Gasteiger partial charge in [-0.15, -0.1) is 0 Å². The van der Waals surface area contributed by atoms with Crippen LogP contribution in [0.5, 0.6) is 11.5 Å². The predicted octanol–water partition coefficient (Wildman–Crippen LogP) is 2.35. The Morgan fingerprint density at radius 3 is 2.68 bits per heavy atom. The Morgan fingerprint density at radius 2 is 1.91 bits per heavy atom. The molecule has 1 heterocycles. The first-order chi connectivity index (χ1) is 10.6. The van der Waals surface area contributed by atoms with Crippen LogP contribution in [-0.2, 0) is 11.2 Å². The van der Waals surface area contributed by atoms with Crippen LogP contribution < -0.4 is 10.5 Å². The SMILES string of the molecule is N[C@@H](Cc1c[nH]c2ccccc12)C(=O)Oc1ccc(O)cc1. The number of aromatic amines is 1. The molecule has 0 radical (unpaired) electrons. The van der Waals surface area contributed by atoms with Crippen molar-refractivity contribution in [2.45, 2.75) is 12.5 Å². The van der Waals surface area contributed by atoms with Crippen LogP contribution in [0.2, 0.25) is 0 Å². The van der Waals surface area contributed by atoms with Crippen LogP contribution in [0.25, 0.3) is 10.9 Å². The van der Waals surface area contributed by atoms with E-state index in [2.05, 4.69) is 4.98 Å². The molecule has 0 amide bonds. The first kappa shape index (κ1) is 14.2. The number of H-pyrrole nitrogens is 1. The van der Waals surface area contributed by atoms with Crippen molar-refractivity contribution < 1.29 is 14.6 Å². The molecule has 0 fully saturated rings. The summed E-state index contributed by atoms with van der Waals surface area (Å²) >= 11 is 0. The summed E-state index contributed by atoms with van der Waals surface area (Å²) < 4.78 is 5.21. The molecule has 0 saturated carbocycles. The van der Waals surface area contributed by atoms with Gasteiger partial charge in [0.15, 0.2) is 0 Å². The minimum absolute atomic E-state index is 0.114. The van der Waals surface area contributed by atoms with Crippen molar-refractivity contribution in [1.82, 2.24) is 4.98 Å². The molecule has 0 aliphatic rings. The number of carbonyl (C=O) groups excluding carboxylic acids is 1. The van der Waals surface area contributed by atoms with Crippen molar-refractivity contribution in [3.05, 3.63) is 60.3 Å². The molecule has 22 heavy (non-hydrogen) atoms. The number of fused-ring (bicyclic) bond motifs is 1. The lowest BCUT2D eigenvalue weighted by atomic mass is 10.1. The Morgan fingerprint density at radius 1 is 1.18 bits per heavy atom. The van der Waals surface area contributed by atoms with Crippen LogP contribution in [0.3, 0.4) is 0 Å². The molecule has 3 aromatic rings. The molecule has 0 aliphatic carbocycles. The molecular formula is C17H16N2O3. The summed E-state index contributed by atoms with van der Waals surface area (Å²) in [6, 6.07) is 13.0. The van der Waals surface area contributed by atoms with Crippen LogP contribution in [-0.4, -0.2) is 22.1 Å². The second-order valence-electron chi connectivity index (χ2n) is 5.09. The molecule has 112 valence electrons. The number of ether oxygens (including phenoxy) is 1. The summed E-state index contributed by atoms with van der Waals surface area (Å²) in [6.07, 6.45) is 2.25. The zero-order valence-corrected chi connectivity index (χ0v) is 11.8. The number of hydrogen-bond acceptors (Lipinski definition) is 4. The number of aromatic hydroxyl groups is 1. The van der Waals surface area contributed by atoms with Crippen molar-refractivity contribution in [2.75, 3.05) is 0 Å². The van der Waals surface area contributed by atoms with Gasteiger partial charge in [-0.2, -0.15) is 0 Å². The number of nitrogens with two attached hydrogens (primary N) is 1. The third kappa shape index (κ3) is 2.94. The number of phenolic OH excluding ortho intramolecular Hbond substituents is 1. The van der Waals surface area contributed by atoms with Gasteiger partial charge >= 0.3 is 5.97 Å². The number of benzene rings is 2. The molecule has 5 heteroatoms. The minimum atomic E-state index is -0.756. The third-order valence-corrected chi connectivity index (χ3v) is 3.47. The van der Waals surface area contributed by atoms with Gasteiger partial charge in [0.05, 0.1) is 0 Å². The van der Waals surface area contributed by atoms with Gasteiger partial charge in [0.2, 0.25) is 0 Å². The predicted molar refractivity (Wildman–Crippen MR) is 83.7 cm³/mol. The van der Waals surface area contributed by atoms with E-state index in [-0.39, 0.29) is 5.75 Å². The number of para-hydroxylation sites is 1. The van der Waals surface area contributed by atoms with Gasteiger partial charge in [0, 0.05) is 23.5 Å². The average Bonchev–Trinajstić information content (AvgIpc) is 2.93. The standard InChI is InChI=1S/C17H16N2O3/c18-15(17(21)22-13-7-5-12(20)6-8-13)9-11-10-19-16-4-2-1-3-14(11)16/h1-8,10,15,19-20H,9,18H2/t15-/m0/s1. The fraction of sp³-hybridized carbons (Fsp3) is 0.118. The van der Waals surface area contributed by atoms with E-state index < -0.39 is 12.0 Å². The minimum Gasteiger partial charge on any atom is -0.508 e. The summed E-state index contributed by atoms with van der Waals surface area (Å²) in [4.78, 5) is 15.2. The van der Waals surface area contributed by atoms with E-state index in [9.17, 15) is 9.90 Å². The fourth-order valence-corrected chi connectivity index (χ4v) is 2.33. The highest BCUT2D eigenvalue weighted by Crippen LogP contribution is 2.20. The van der Waals surface area contributed by atoms with Gasteiger partial charge in [-0.1, -0.05) is 18.2 Å². The Hall–Kier alpha value is -2.79. The van der Waals surface area contributed by atoms with Gasteiger partial charge in [-0.25, -0.2) is 4.79 Å². The summed E-state index contributed by atoms with van der Waals surface area (Å²) in [5.41, 5.74) is 7.93. The smallest absolute Gasteiger partial charge is 0.328 e. The topological polar surface area (TPSA) is 88.3 Å².